The molecule has 1 aliphatic carbocycles. The molecule has 150 valence electrons. The third-order valence-corrected chi connectivity index (χ3v) is 5.99. The Bertz CT molecular complexity index is 1190. The van der Waals surface area contributed by atoms with Crippen LogP contribution in [0.15, 0.2) is 96.6 Å². The van der Waals surface area contributed by atoms with E-state index < -0.39 is 17.3 Å². The van der Waals surface area contributed by atoms with E-state index in [0.29, 0.717) is 11.1 Å². The molecule has 4 heteroatoms. The summed E-state index contributed by atoms with van der Waals surface area (Å²) < 4.78 is 0. The van der Waals surface area contributed by atoms with Gasteiger partial charge in [0.15, 0.2) is 11.2 Å². The van der Waals surface area contributed by atoms with Crippen molar-refractivity contribution in [2.45, 2.75) is 18.3 Å². The Morgan fingerprint density at radius 3 is 1.81 bits per heavy atom. The standard InChI is InChI=1S/C27H20N2O2/c28-17-27(18-29)22(19-10-4-1-5-11-19)16-23(30)24(25(27)20-12-6-2-7-13-20)26(31)21-14-8-3-9-15-21/h1-15,22,25,31H,16H2/b26-24+/t22-,25+/m0/s1. The molecule has 3 aromatic carbocycles. The van der Waals surface area contributed by atoms with Gasteiger partial charge in [-0.2, -0.15) is 10.5 Å². The minimum atomic E-state index is -1.56. The highest BCUT2D eigenvalue weighted by molar-refractivity contribution is 6.05. The maximum Gasteiger partial charge on any atom is 0.164 e. The number of hydrogen-bond donors (Lipinski definition) is 1. The van der Waals surface area contributed by atoms with Crippen molar-refractivity contribution in [1.82, 2.24) is 0 Å². The van der Waals surface area contributed by atoms with Gasteiger partial charge in [-0.25, -0.2) is 0 Å². The minimum absolute atomic E-state index is 0.0271. The van der Waals surface area contributed by atoms with Crippen molar-refractivity contribution in [1.29, 1.82) is 10.5 Å². The number of aliphatic hydroxyl groups excluding tert-OH is 1. The lowest BCUT2D eigenvalue weighted by atomic mass is 9.55. The number of carbonyl (C=O) groups excluding carboxylic acids is 1. The Balaban J connectivity index is 2.02. The van der Waals surface area contributed by atoms with Crippen LogP contribution in [-0.4, -0.2) is 10.9 Å². The van der Waals surface area contributed by atoms with Crippen molar-refractivity contribution in [2.24, 2.45) is 5.41 Å². The van der Waals surface area contributed by atoms with Gasteiger partial charge in [-0.05, 0) is 11.1 Å². The van der Waals surface area contributed by atoms with E-state index in [1.807, 2.05) is 54.6 Å². The van der Waals surface area contributed by atoms with Gasteiger partial charge >= 0.3 is 0 Å². The van der Waals surface area contributed by atoms with Crippen LogP contribution in [0, 0.1) is 28.1 Å². The van der Waals surface area contributed by atoms with Crippen LogP contribution >= 0.6 is 0 Å². The highest BCUT2D eigenvalue weighted by Gasteiger charge is 2.56. The summed E-state index contributed by atoms with van der Waals surface area (Å²) in [5, 5.41) is 31.9. The summed E-state index contributed by atoms with van der Waals surface area (Å²) in [5.41, 5.74) is 0.451. The van der Waals surface area contributed by atoms with E-state index in [9.17, 15) is 20.4 Å². The molecular formula is C27H20N2O2. The summed E-state index contributed by atoms with van der Waals surface area (Å²) in [6, 6.07) is 31.6. The number of nitrogens with zero attached hydrogens (tertiary/aromatic N) is 2. The summed E-state index contributed by atoms with van der Waals surface area (Å²) in [4.78, 5) is 13.5. The third-order valence-electron chi connectivity index (χ3n) is 5.99. The van der Waals surface area contributed by atoms with Crippen LogP contribution in [-0.2, 0) is 4.79 Å². The molecule has 1 fully saturated rings. The molecule has 0 unspecified atom stereocenters. The number of allylic oxidation sites excluding steroid dienone is 1. The molecule has 0 aliphatic heterocycles. The van der Waals surface area contributed by atoms with Crippen LogP contribution in [0.25, 0.3) is 5.76 Å². The van der Waals surface area contributed by atoms with Crippen LogP contribution in [0.1, 0.15) is 34.9 Å². The second-order valence-corrected chi connectivity index (χ2v) is 7.66. The second-order valence-electron chi connectivity index (χ2n) is 7.66. The van der Waals surface area contributed by atoms with Crippen molar-refractivity contribution in [3.63, 3.8) is 0 Å². The van der Waals surface area contributed by atoms with E-state index in [1.165, 1.54) is 0 Å². The van der Waals surface area contributed by atoms with E-state index in [4.69, 9.17) is 0 Å². The lowest BCUT2D eigenvalue weighted by Gasteiger charge is -2.41. The zero-order valence-electron chi connectivity index (χ0n) is 16.8. The number of benzene rings is 3. The molecule has 4 rings (SSSR count). The molecular weight excluding hydrogens is 384 g/mol. The molecule has 0 bridgehead atoms. The first-order chi connectivity index (χ1) is 15.1. The van der Waals surface area contributed by atoms with E-state index in [1.54, 1.807) is 36.4 Å². The predicted molar refractivity (Wildman–Crippen MR) is 118 cm³/mol. The summed E-state index contributed by atoms with van der Waals surface area (Å²) in [5.74, 6) is -1.95. The molecule has 0 amide bonds. The van der Waals surface area contributed by atoms with Crippen molar-refractivity contribution < 1.29 is 9.90 Å². The first kappa shape index (κ1) is 20.1. The topological polar surface area (TPSA) is 84.9 Å². The van der Waals surface area contributed by atoms with Gasteiger partial charge in [0.1, 0.15) is 5.76 Å². The molecule has 2 atom stereocenters. The smallest absolute Gasteiger partial charge is 0.164 e. The fourth-order valence-electron chi connectivity index (χ4n) is 4.52. The lowest BCUT2D eigenvalue weighted by molar-refractivity contribution is -0.118. The first-order valence-corrected chi connectivity index (χ1v) is 10.1. The SMILES string of the molecule is N#CC1(C#N)[C@H](c2ccccc2)CC(=O)/C(=C(\O)c2ccccc2)[C@H]1c1ccccc1. The zero-order chi connectivity index (χ0) is 21.8. The first-order valence-electron chi connectivity index (χ1n) is 10.1. The molecule has 3 aromatic rings. The van der Waals surface area contributed by atoms with Crippen molar-refractivity contribution in [3.8, 4) is 12.1 Å². The van der Waals surface area contributed by atoms with Gasteiger partial charge in [0.25, 0.3) is 0 Å². The largest absolute Gasteiger partial charge is 0.507 e. The Morgan fingerprint density at radius 2 is 1.29 bits per heavy atom. The number of nitriles is 2. The maximum absolute atomic E-state index is 13.5. The average molecular weight is 404 g/mol. The van der Waals surface area contributed by atoms with E-state index in [2.05, 4.69) is 12.1 Å². The molecule has 1 N–H and O–H groups in total. The number of aliphatic hydroxyl groups is 1. The number of rotatable bonds is 3. The summed E-state index contributed by atoms with van der Waals surface area (Å²) >= 11 is 0. The van der Waals surface area contributed by atoms with E-state index in [-0.39, 0.29) is 23.5 Å². The van der Waals surface area contributed by atoms with E-state index in [0.717, 1.165) is 5.56 Å². The molecule has 1 saturated carbocycles. The van der Waals surface area contributed by atoms with Gasteiger partial charge in [-0.1, -0.05) is 91.0 Å². The van der Waals surface area contributed by atoms with Crippen LogP contribution in [0.3, 0.4) is 0 Å². The quantitative estimate of drug-likeness (QED) is 0.459. The van der Waals surface area contributed by atoms with Gasteiger partial charge < -0.3 is 5.11 Å². The molecule has 4 nitrogen and oxygen atoms in total. The minimum Gasteiger partial charge on any atom is -0.507 e. The Hall–Kier alpha value is -4.15. The summed E-state index contributed by atoms with van der Waals surface area (Å²) in [7, 11) is 0. The molecule has 1 aliphatic rings. The van der Waals surface area contributed by atoms with Gasteiger partial charge in [0.2, 0.25) is 0 Å². The van der Waals surface area contributed by atoms with Crippen LogP contribution in [0.2, 0.25) is 0 Å². The highest BCUT2D eigenvalue weighted by atomic mass is 16.3. The molecule has 0 aromatic heterocycles. The van der Waals surface area contributed by atoms with Gasteiger partial charge in [0, 0.05) is 29.4 Å². The monoisotopic (exact) mass is 404 g/mol. The number of ketones is 1. The number of Topliss-reactive ketones (excluding diaryl/α,β-unsaturated/α-hetero) is 1. The van der Waals surface area contributed by atoms with E-state index >= 15 is 0 Å². The molecule has 0 spiro atoms. The lowest BCUT2D eigenvalue weighted by Crippen LogP contribution is -2.42. The van der Waals surface area contributed by atoms with Gasteiger partial charge in [-0.15, -0.1) is 0 Å². The van der Waals surface area contributed by atoms with Crippen LogP contribution in [0.4, 0.5) is 0 Å². The van der Waals surface area contributed by atoms with Crippen molar-refractivity contribution >= 4 is 11.5 Å². The van der Waals surface area contributed by atoms with Crippen LogP contribution in [0.5, 0.6) is 0 Å². The van der Waals surface area contributed by atoms with Gasteiger partial charge in [0.05, 0.1) is 12.1 Å². The highest BCUT2D eigenvalue weighted by Crippen LogP contribution is 2.56. The molecule has 0 saturated heterocycles. The second kappa shape index (κ2) is 8.30. The maximum atomic E-state index is 13.5. The van der Waals surface area contributed by atoms with Crippen molar-refractivity contribution in [2.75, 3.05) is 0 Å². The normalized spacial score (nSPS) is 21.5. The molecule has 0 heterocycles. The van der Waals surface area contributed by atoms with Gasteiger partial charge in [-0.3, -0.25) is 4.79 Å². The Labute approximate surface area is 181 Å². The average Bonchev–Trinajstić information content (AvgIpc) is 2.84. The fourth-order valence-corrected chi connectivity index (χ4v) is 4.52. The fraction of sp³-hybridized carbons (Fsp3) is 0.148. The molecule has 31 heavy (non-hydrogen) atoms. The zero-order valence-corrected chi connectivity index (χ0v) is 16.8. The number of carbonyl (C=O) groups is 1. The Kier molecular flexibility index (Phi) is 5.39. The third kappa shape index (κ3) is 3.39. The Morgan fingerprint density at radius 1 is 0.806 bits per heavy atom. The summed E-state index contributed by atoms with van der Waals surface area (Å²) in [6.07, 6.45) is -0.0271. The molecule has 0 radical (unpaired) electrons. The summed E-state index contributed by atoms with van der Waals surface area (Å²) in [6.45, 7) is 0. The number of hydrogen-bond acceptors (Lipinski definition) is 4. The van der Waals surface area contributed by atoms with Crippen molar-refractivity contribution in [3.05, 3.63) is 113 Å². The predicted octanol–water partition coefficient (Wildman–Crippen LogP) is 5.53. The van der Waals surface area contributed by atoms with Crippen LogP contribution < -0.4 is 0 Å².